The summed E-state index contributed by atoms with van der Waals surface area (Å²) >= 11 is 1.65. The van der Waals surface area contributed by atoms with Gasteiger partial charge in [0.25, 0.3) is 0 Å². The molecule has 7 rings (SSSR count). The van der Waals surface area contributed by atoms with Crippen LogP contribution in [0.5, 0.6) is 5.88 Å². The summed E-state index contributed by atoms with van der Waals surface area (Å²) in [6.07, 6.45) is 0.952. The van der Waals surface area contributed by atoms with Crippen LogP contribution in [0.2, 0.25) is 0 Å². The summed E-state index contributed by atoms with van der Waals surface area (Å²) in [6, 6.07) is 19.2. The molecule has 2 aliphatic heterocycles. The number of nitrogens with zero attached hydrogens (tertiary/aromatic N) is 6. The minimum absolute atomic E-state index is 0.143. The van der Waals surface area contributed by atoms with E-state index in [1.54, 1.807) is 29.5 Å². The van der Waals surface area contributed by atoms with E-state index in [9.17, 15) is 9.90 Å². The third kappa shape index (κ3) is 5.42. The Balaban J connectivity index is 1.02. The van der Waals surface area contributed by atoms with Gasteiger partial charge in [0.2, 0.25) is 5.88 Å². The molecule has 0 radical (unpaired) electrons. The van der Waals surface area contributed by atoms with Crippen LogP contribution < -0.4 is 9.64 Å². The minimum atomic E-state index is -0.934. The number of rotatable bonds is 9. The minimum Gasteiger partial charge on any atom is -0.478 e. The van der Waals surface area contributed by atoms with E-state index in [0.29, 0.717) is 19.0 Å². The highest BCUT2D eigenvalue weighted by Crippen LogP contribution is 2.30. The fourth-order valence-corrected chi connectivity index (χ4v) is 6.49. The van der Waals surface area contributed by atoms with Crippen molar-refractivity contribution in [2.24, 2.45) is 0 Å². The maximum absolute atomic E-state index is 11.6. The highest BCUT2D eigenvalue weighted by molar-refractivity contribution is 7.18. The number of pyridine rings is 1. The largest absolute Gasteiger partial charge is 0.478 e. The summed E-state index contributed by atoms with van der Waals surface area (Å²) in [5, 5.41) is 10.5. The molecule has 2 fully saturated rings. The van der Waals surface area contributed by atoms with Gasteiger partial charge in [0.1, 0.15) is 22.8 Å². The molecule has 2 aromatic carbocycles. The second-order valence-electron chi connectivity index (χ2n) is 10.8. The Labute approximate surface area is 247 Å². The molecule has 10 nitrogen and oxygen atoms in total. The lowest BCUT2D eigenvalue weighted by atomic mass is 10.1. The van der Waals surface area contributed by atoms with Gasteiger partial charge in [0.05, 0.1) is 46.0 Å². The Hall–Kier alpha value is -4.06. The van der Waals surface area contributed by atoms with Crippen LogP contribution in [0.1, 0.15) is 40.6 Å². The molecule has 11 heteroatoms. The van der Waals surface area contributed by atoms with Gasteiger partial charge in [-0.15, -0.1) is 11.3 Å². The number of hydrogen-bond donors (Lipinski definition) is 1. The summed E-state index contributed by atoms with van der Waals surface area (Å²) in [6.45, 7) is 7.54. The van der Waals surface area contributed by atoms with Gasteiger partial charge in [-0.25, -0.2) is 14.8 Å². The van der Waals surface area contributed by atoms with Crippen molar-refractivity contribution in [3.8, 4) is 5.88 Å². The van der Waals surface area contributed by atoms with Crippen molar-refractivity contribution in [2.45, 2.75) is 38.6 Å². The number of ether oxygens (including phenoxy) is 2. The fourth-order valence-electron chi connectivity index (χ4n) is 5.54. The number of para-hydroxylation sites is 1. The van der Waals surface area contributed by atoms with Gasteiger partial charge < -0.3 is 24.0 Å². The quantitative estimate of drug-likeness (QED) is 0.256. The van der Waals surface area contributed by atoms with Crippen molar-refractivity contribution in [1.29, 1.82) is 0 Å². The van der Waals surface area contributed by atoms with Crippen molar-refractivity contribution < 1.29 is 19.4 Å². The Morgan fingerprint density at radius 2 is 1.88 bits per heavy atom. The number of piperazine rings is 1. The van der Waals surface area contributed by atoms with Crippen LogP contribution in [0.25, 0.3) is 21.3 Å². The molecule has 2 atom stereocenters. The first kappa shape index (κ1) is 26.8. The van der Waals surface area contributed by atoms with Gasteiger partial charge in [-0.05, 0) is 49.7 Å². The summed E-state index contributed by atoms with van der Waals surface area (Å²) in [5.41, 5.74) is 2.92. The van der Waals surface area contributed by atoms with Gasteiger partial charge in [-0.2, -0.15) is 4.98 Å². The number of benzene rings is 2. The molecule has 2 saturated heterocycles. The number of imidazole rings is 1. The van der Waals surface area contributed by atoms with Gasteiger partial charge in [0, 0.05) is 38.9 Å². The third-order valence-corrected chi connectivity index (χ3v) is 9.18. The Kier molecular flexibility index (Phi) is 7.22. The zero-order chi connectivity index (χ0) is 28.6. The molecule has 5 aromatic rings. The average Bonchev–Trinajstić information content (AvgIpc) is 3.56. The maximum Gasteiger partial charge on any atom is 0.335 e. The second kappa shape index (κ2) is 11.3. The average molecular weight is 585 g/mol. The SMILES string of the molecule is C[C@H](Oc1cccc(N2CCN(Cc3nc4ccc(C(=O)O)cc4n3CC3CCO3)CC2)n1)c1nc2ccccc2s1. The van der Waals surface area contributed by atoms with Gasteiger partial charge in [-0.3, -0.25) is 4.90 Å². The smallest absolute Gasteiger partial charge is 0.335 e. The first-order valence-corrected chi connectivity index (χ1v) is 15.1. The van der Waals surface area contributed by atoms with Gasteiger partial charge in [-0.1, -0.05) is 18.2 Å². The van der Waals surface area contributed by atoms with Crippen LogP contribution in [-0.4, -0.2) is 74.4 Å². The summed E-state index contributed by atoms with van der Waals surface area (Å²) < 4.78 is 15.2. The molecule has 216 valence electrons. The van der Waals surface area contributed by atoms with Crippen LogP contribution in [-0.2, 0) is 17.8 Å². The molecule has 2 aliphatic rings. The predicted molar refractivity (Wildman–Crippen MR) is 161 cm³/mol. The Bertz CT molecular complexity index is 1710. The summed E-state index contributed by atoms with van der Waals surface area (Å²) in [4.78, 5) is 30.7. The van der Waals surface area contributed by atoms with Crippen LogP contribution in [0.4, 0.5) is 5.82 Å². The first-order chi connectivity index (χ1) is 20.5. The molecule has 1 N–H and O–H groups in total. The number of carboxylic acid groups (broad SMARTS) is 1. The Morgan fingerprint density at radius 3 is 2.64 bits per heavy atom. The van der Waals surface area contributed by atoms with E-state index in [2.05, 4.69) is 20.4 Å². The van der Waals surface area contributed by atoms with Crippen molar-refractivity contribution in [3.05, 3.63) is 77.1 Å². The first-order valence-electron chi connectivity index (χ1n) is 14.3. The molecule has 0 saturated carbocycles. The zero-order valence-electron chi connectivity index (χ0n) is 23.3. The highest BCUT2D eigenvalue weighted by atomic mass is 32.1. The van der Waals surface area contributed by atoms with E-state index in [1.165, 1.54) is 0 Å². The number of thiazole rings is 1. The molecule has 0 aliphatic carbocycles. The molecule has 1 unspecified atom stereocenters. The molecule has 0 bridgehead atoms. The number of aromatic carboxylic acids is 1. The monoisotopic (exact) mass is 584 g/mol. The van der Waals surface area contributed by atoms with Gasteiger partial charge in [0.15, 0.2) is 0 Å². The topological polar surface area (TPSA) is 106 Å². The standard InChI is InChI=1S/C31H32N6O4S/c1-20(30-33-24-5-2-3-6-26(24)42-30)41-29-8-4-7-27(34-29)36-14-12-35(13-15-36)19-28-32-23-10-9-21(31(38)39)17-25(23)37(28)18-22-11-16-40-22/h2-10,17,20,22H,11-16,18-19H2,1H3,(H,38,39)/t20-,22?/m0/s1. The molecular formula is C31H32N6O4S. The lowest BCUT2D eigenvalue weighted by molar-refractivity contribution is -0.0592. The normalized spacial score (nSPS) is 18.3. The number of carboxylic acids is 1. The summed E-state index contributed by atoms with van der Waals surface area (Å²) in [5.74, 6) is 1.50. The van der Waals surface area contributed by atoms with Gasteiger partial charge >= 0.3 is 5.97 Å². The molecule has 42 heavy (non-hydrogen) atoms. The number of hydrogen-bond acceptors (Lipinski definition) is 9. The van der Waals surface area contributed by atoms with E-state index in [-0.39, 0.29) is 17.8 Å². The number of aromatic nitrogens is 4. The van der Waals surface area contributed by atoms with E-state index in [1.807, 2.05) is 43.3 Å². The van der Waals surface area contributed by atoms with E-state index in [0.717, 1.165) is 77.1 Å². The van der Waals surface area contributed by atoms with Crippen LogP contribution >= 0.6 is 11.3 Å². The zero-order valence-corrected chi connectivity index (χ0v) is 24.2. The van der Waals surface area contributed by atoms with Crippen molar-refractivity contribution in [2.75, 3.05) is 37.7 Å². The lowest BCUT2D eigenvalue weighted by Gasteiger charge is -2.35. The number of fused-ring (bicyclic) bond motifs is 2. The molecular weight excluding hydrogens is 552 g/mol. The number of anilines is 1. The lowest BCUT2D eigenvalue weighted by Crippen LogP contribution is -2.46. The third-order valence-electron chi connectivity index (χ3n) is 7.98. The van der Waals surface area contributed by atoms with Crippen LogP contribution in [0.15, 0.2) is 60.7 Å². The highest BCUT2D eigenvalue weighted by Gasteiger charge is 2.25. The Morgan fingerprint density at radius 1 is 1.05 bits per heavy atom. The van der Waals surface area contributed by atoms with Crippen molar-refractivity contribution in [3.63, 3.8) is 0 Å². The summed E-state index contributed by atoms with van der Waals surface area (Å²) in [7, 11) is 0. The molecule has 5 heterocycles. The predicted octanol–water partition coefficient (Wildman–Crippen LogP) is 4.99. The van der Waals surface area contributed by atoms with Crippen LogP contribution in [0.3, 0.4) is 0 Å². The maximum atomic E-state index is 11.6. The van der Waals surface area contributed by atoms with Crippen molar-refractivity contribution >= 4 is 44.4 Å². The number of carbonyl (C=O) groups is 1. The van der Waals surface area contributed by atoms with E-state index in [4.69, 9.17) is 24.4 Å². The fraction of sp³-hybridized carbons (Fsp3) is 0.355. The second-order valence-corrected chi connectivity index (χ2v) is 11.9. The molecule has 3 aromatic heterocycles. The molecule has 0 spiro atoms. The molecule has 0 amide bonds. The van der Waals surface area contributed by atoms with Crippen LogP contribution in [0, 0.1) is 0 Å². The van der Waals surface area contributed by atoms with Crippen molar-refractivity contribution in [1.82, 2.24) is 24.4 Å². The van der Waals surface area contributed by atoms with E-state index < -0.39 is 5.97 Å². The van der Waals surface area contributed by atoms with E-state index >= 15 is 0 Å².